The monoisotopic (exact) mass is 235 g/mol. The lowest BCUT2D eigenvalue weighted by molar-refractivity contribution is -0.0493. The van der Waals surface area contributed by atoms with Gasteiger partial charge in [-0.2, -0.15) is 8.78 Å². The summed E-state index contributed by atoms with van der Waals surface area (Å²) in [6.07, 6.45) is 3.21. The highest BCUT2D eigenvalue weighted by Gasteiger charge is 2.14. The Morgan fingerprint density at radius 2 is 2.06 bits per heavy atom. The van der Waals surface area contributed by atoms with Crippen LogP contribution >= 0.6 is 0 Å². The van der Waals surface area contributed by atoms with E-state index in [0.717, 1.165) is 5.39 Å². The third kappa shape index (κ3) is 1.60. The number of halogens is 2. The van der Waals surface area contributed by atoms with E-state index < -0.39 is 6.61 Å². The maximum Gasteiger partial charge on any atom is 0.387 e. The highest BCUT2D eigenvalue weighted by Crippen LogP contribution is 2.34. The number of benzene rings is 1. The first-order chi connectivity index (χ1) is 8.25. The molecular formula is C12H7F2NO2. The summed E-state index contributed by atoms with van der Waals surface area (Å²) in [6, 6.07) is 6.55. The van der Waals surface area contributed by atoms with E-state index in [1.165, 1.54) is 6.07 Å². The molecule has 3 nitrogen and oxygen atoms in total. The first-order valence-corrected chi connectivity index (χ1v) is 4.96. The molecule has 1 aromatic carbocycles. The topological polar surface area (TPSA) is 35.3 Å². The fourth-order valence-corrected chi connectivity index (χ4v) is 1.80. The first kappa shape index (κ1) is 10.0. The standard InChI is InChI=1S/C12H7F2NO2/c13-12(14)17-10-3-1-2-7-8-6-15-5-4-9(8)16-11(7)10/h1-6,12H. The van der Waals surface area contributed by atoms with Crippen molar-refractivity contribution in [2.45, 2.75) is 6.61 Å². The number of alkyl halides is 2. The van der Waals surface area contributed by atoms with Crippen molar-refractivity contribution in [2.75, 3.05) is 0 Å². The number of nitrogens with zero attached hydrogens (tertiary/aromatic N) is 1. The van der Waals surface area contributed by atoms with Crippen molar-refractivity contribution in [2.24, 2.45) is 0 Å². The van der Waals surface area contributed by atoms with Gasteiger partial charge in [-0.1, -0.05) is 12.1 Å². The Morgan fingerprint density at radius 1 is 1.18 bits per heavy atom. The molecule has 0 spiro atoms. The number of furan rings is 1. The van der Waals surface area contributed by atoms with Crippen LogP contribution in [0.25, 0.3) is 21.9 Å². The average molecular weight is 235 g/mol. The van der Waals surface area contributed by atoms with Gasteiger partial charge in [-0.25, -0.2) is 0 Å². The van der Waals surface area contributed by atoms with Crippen LogP contribution in [0.5, 0.6) is 5.75 Å². The Labute approximate surface area is 94.6 Å². The number of pyridine rings is 1. The van der Waals surface area contributed by atoms with Crippen molar-refractivity contribution < 1.29 is 17.9 Å². The van der Waals surface area contributed by atoms with Gasteiger partial charge in [0, 0.05) is 23.2 Å². The Bertz CT molecular complexity index is 678. The van der Waals surface area contributed by atoms with Crippen molar-refractivity contribution in [1.29, 1.82) is 0 Å². The van der Waals surface area contributed by atoms with Crippen molar-refractivity contribution in [3.63, 3.8) is 0 Å². The highest BCUT2D eigenvalue weighted by molar-refractivity contribution is 6.06. The second-order valence-electron chi connectivity index (χ2n) is 3.49. The molecule has 0 amide bonds. The number of para-hydroxylation sites is 1. The molecule has 0 bridgehead atoms. The lowest BCUT2D eigenvalue weighted by atomic mass is 10.2. The molecule has 3 aromatic rings. The van der Waals surface area contributed by atoms with E-state index in [0.29, 0.717) is 16.6 Å². The van der Waals surface area contributed by atoms with Crippen LogP contribution in [0.15, 0.2) is 41.1 Å². The molecular weight excluding hydrogens is 228 g/mol. The quantitative estimate of drug-likeness (QED) is 0.680. The smallest absolute Gasteiger partial charge is 0.387 e. The summed E-state index contributed by atoms with van der Waals surface area (Å²) < 4.78 is 34.4. The van der Waals surface area contributed by atoms with E-state index in [9.17, 15) is 8.78 Å². The van der Waals surface area contributed by atoms with Crippen LogP contribution in [0.1, 0.15) is 0 Å². The second-order valence-corrected chi connectivity index (χ2v) is 3.49. The third-order valence-electron chi connectivity index (χ3n) is 2.48. The second kappa shape index (κ2) is 3.69. The summed E-state index contributed by atoms with van der Waals surface area (Å²) in [6.45, 7) is -2.87. The molecule has 0 unspecified atom stereocenters. The summed E-state index contributed by atoms with van der Waals surface area (Å²) in [5.74, 6) is 0.0358. The number of ether oxygens (including phenoxy) is 1. The molecule has 0 aliphatic rings. The zero-order valence-corrected chi connectivity index (χ0v) is 8.56. The molecule has 0 N–H and O–H groups in total. The minimum Gasteiger partial charge on any atom is -0.452 e. The van der Waals surface area contributed by atoms with Gasteiger partial charge in [0.25, 0.3) is 0 Å². The molecule has 86 valence electrons. The van der Waals surface area contributed by atoms with Crippen molar-refractivity contribution in [3.8, 4) is 5.75 Å². The predicted molar refractivity (Wildman–Crippen MR) is 58.1 cm³/mol. The average Bonchev–Trinajstić information content (AvgIpc) is 2.68. The minimum atomic E-state index is -2.87. The predicted octanol–water partition coefficient (Wildman–Crippen LogP) is 3.58. The normalized spacial score (nSPS) is 11.5. The van der Waals surface area contributed by atoms with E-state index >= 15 is 0 Å². The summed E-state index contributed by atoms with van der Waals surface area (Å²) in [5, 5.41) is 1.49. The number of aromatic nitrogens is 1. The van der Waals surface area contributed by atoms with Gasteiger partial charge in [0.1, 0.15) is 5.58 Å². The molecule has 0 fully saturated rings. The first-order valence-electron chi connectivity index (χ1n) is 4.96. The summed E-state index contributed by atoms with van der Waals surface area (Å²) in [7, 11) is 0. The van der Waals surface area contributed by atoms with E-state index in [1.54, 1.807) is 30.6 Å². The van der Waals surface area contributed by atoms with Gasteiger partial charge in [-0.05, 0) is 12.1 Å². The van der Waals surface area contributed by atoms with E-state index in [1.807, 2.05) is 0 Å². The lowest BCUT2D eigenvalue weighted by Crippen LogP contribution is -2.01. The van der Waals surface area contributed by atoms with Gasteiger partial charge in [-0.3, -0.25) is 4.98 Å². The van der Waals surface area contributed by atoms with Crippen LogP contribution in [0.2, 0.25) is 0 Å². The fourth-order valence-electron chi connectivity index (χ4n) is 1.80. The number of hydrogen-bond acceptors (Lipinski definition) is 3. The van der Waals surface area contributed by atoms with Crippen molar-refractivity contribution in [1.82, 2.24) is 4.98 Å². The van der Waals surface area contributed by atoms with Gasteiger partial charge in [-0.15, -0.1) is 0 Å². The molecule has 0 saturated carbocycles. The maximum absolute atomic E-state index is 12.2. The van der Waals surface area contributed by atoms with Gasteiger partial charge in [0.05, 0.1) is 0 Å². The third-order valence-corrected chi connectivity index (χ3v) is 2.48. The van der Waals surface area contributed by atoms with Gasteiger partial charge in [0.2, 0.25) is 0 Å². The van der Waals surface area contributed by atoms with E-state index in [2.05, 4.69) is 9.72 Å². The van der Waals surface area contributed by atoms with E-state index in [4.69, 9.17) is 4.42 Å². The largest absolute Gasteiger partial charge is 0.452 e. The SMILES string of the molecule is FC(F)Oc1cccc2c1oc1ccncc12. The van der Waals surface area contributed by atoms with Crippen molar-refractivity contribution in [3.05, 3.63) is 36.7 Å². The fraction of sp³-hybridized carbons (Fsp3) is 0.0833. The molecule has 5 heteroatoms. The van der Waals surface area contributed by atoms with Crippen LogP contribution in [0.4, 0.5) is 8.78 Å². The zero-order valence-electron chi connectivity index (χ0n) is 8.56. The molecule has 17 heavy (non-hydrogen) atoms. The Kier molecular flexibility index (Phi) is 2.18. The molecule has 2 aromatic heterocycles. The zero-order chi connectivity index (χ0) is 11.8. The maximum atomic E-state index is 12.2. The Balaban J connectivity index is 2.31. The van der Waals surface area contributed by atoms with Crippen LogP contribution in [0.3, 0.4) is 0 Å². The Morgan fingerprint density at radius 3 is 2.88 bits per heavy atom. The molecule has 0 atom stereocenters. The van der Waals surface area contributed by atoms with Gasteiger partial charge in [0.15, 0.2) is 11.3 Å². The summed E-state index contributed by atoms with van der Waals surface area (Å²) in [5.41, 5.74) is 0.913. The molecule has 2 heterocycles. The highest BCUT2D eigenvalue weighted by atomic mass is 19.3. The number of fused-ring (bicyclic) bond motifs is 3. The van der Waals surface area contributed by atoms with Crippen LogP contribution in [-0.4, -0.2) is 11.6 Å². The van der Waals surface area contributed by atoms with E-state index in [-0.39, 0.29) is 5.75 Å². The van der Waals surface area contributed by atoms with Gasteiger partial charge < -0.3 is 9.15 Å². The molecule has 0 aliphatic carbocycles. The van der Waals surface area contributed by atoms with Crippen LogP contribution in [0, 0.1) is 0 Å². The number of rotatable bonds is 2. The molecule has 3 rings (SSSR count). The van der Waals surface area contributed by atoms with Crippen molar-refractivity contribution >= 4 is 21.9 Å². The minimum absolute atomic E-state index is 0.0358. The summed E-state index contributed by atoms with van der Waals surface area (Å²) >= 11 is 0. The van der Waals surface area contributed by atoms with Crippen LogP contribution < -0.4 is 4.74 Å². The summed E-state index contributed by atoms with van der Waals surface area (Å²) in [4.78, 5) is 3.98. The van der Waals surface area contributed by atoms with Gasteiger partial charge >= 0.3 is 6.61 Å². The van der Waals surface area contributed by atoms with Crippen LogP contribution in [-0.2, 0) is 0 Å². The number of hydrogen-bond donors (Lipinski definition) is 0. The molecule has 0 radical (unpaired) electrons. The Hall–Kier alpha value is -2.17. The molecule has 0 aliphatic heterocycles. The molecule has 0 saturated heterocycles. The lowest BCUT2D eigenvalue weighted by Gasteiger charge is -2.03.